The second kappa shape index (κ2) is 11.5. The topological polar surface area (TPSA) is 99.3 Å². The first-order valence-electron chi connectivity index (χ1n) is 11.1. The molecule has 0 radical (unpaired) electrons. The lowest BCUT2D eigenvalue weighted by atomic mass is 10.1. The zero-order valence-electron chi connectivity index (χ0n) is 20.8. The predicted molar refractivity (Wildman–Crippen MR) is 137 cm³/mol. The van der Waals surface area contributed by atoms with E-state index >= 15 is 0 Å². The third-order valence-electron chi connectivity index (χ3n) is 4.98. The van der Waals surface area contributed by atoms with E-state index in [1.54, 1.807) is 16.8 Å². The maximum absolute atomic E-state index is 14.0. The largest absolute Gasteiger partial charge is 0.361 e. The number of aromatic nitrogens is 2. The van der Waals surface area contributed by atoms with Crippen LogP contribution in [0.25, 0.3) is 11.3 Å². The van der Waals surface area contributed by atoms with Crippen molar-refractivity contribution < 1.29 is 18.3 Å². The highest BCUT2D eigenvalue weighted by atomic mass is 32.2. The molecule has 34 heavy (non-hydrogen) atoms. The summed E-state index contributed by atoms with van der Waals surface area (Å²) < 4.78 is 37.1. The van der Waals surface area contributed by atoms with E-state index in [0.717, 1.165) is 24.2 Å². The number of imidazole rings is 1. The molecule has 0 aliphatic heterocycles. The van der Waals surface area contributed by atoms with E-state index in [0.29, 0.717) is 18.9 Å². The zero-order chi connectivity index (χ0) is 25.7. The lowest BCUT2D eigenvalue weighted by Crippen LogP contribution is -2.36. The summed E-state index contributed by atoms with van der Waals surface area (Å²) in [4.78, 5) is 15.6. The van der Waals surface area contributed by atoms with E-state index in [-0.39, 0.29) is 23.7 Å². The number of rotatable bonds is 12. The van der Waals surface area contributed by atoms with E-state index < -0.39 is 40.6 Å². The van der Waals surface area contributed by atoms with Crippen LogP contribution in [0.1, 0.15) is 39.1 Å². The minimum Gasteiger partial charge on any atom is -0.361 e. The molecule has 188 valence electrons. The Morgan fingerprint density at radius 3 is 2.62 bits per heavy atom. The quantitative estimate of drug-likeness (QED) is 0.132. The van der Waals surface area contributed by atoms with Gasteiger partial charge in [0.15, 0.2) is 0 Å². The highest BCUT2D eigenvalue weighted by Crippen LogP contribution is 2.32. The Balaban J connectivity index is 2.51. The van der Waals surface area contributed by atoms with Gasteiger partial charge in [-0.05, 0) is 45.4 Å². The SMILES string of the molecule is C=CCC(N[S@@](=O)C(C)(C)C)c1nc(-c2cc(F)ccc2[N+](=O)[O-])cn1COCC[Si](C)(C)C. The Labute approximate surface area is 204 Å². The van der Waals surface area contributed by atoms with Gasteiger partial charge in [0, 0.05) is 26.9 Å². The number of nitrogens with zero attached hydrogens (tertiary/aromatic N) is 3. The van der Waals surface area contributed by atoms with Crippen LogP contribution in [0.2, 0.25) is 25.7 Å². The first-order chi connectivity index (χ1) is 15.7. The summed E-state index contributed by atoms with van der Waals surface area (Å²) in [6.07, 6.45) is 3.72. The van der Waals surface area contributed by atoms with Gasteiger partial charge >= 0.3 is 0 Å². The van der Waals surface area contributed by atoms with E-state index in [1.807, 2.05) is 20.8 Å². The molecule has 0 spiro atoms. The molecule has 0 aliphatic rings. The standard InChI is InChI=1S/C23H35FN4O4SSi/c1-8-9-19(26-33(31)23(2,3)4)22-25-20(15-27(22)16-32-12-13-34(5,6)7)18-14-17(24)10-11-21(18)28(29)30/h8,10-11,14-15,19,26H,1,9,12-13,16H2,2-7H3/t19?,33-/m0/s1. The number of hydrogen-bond donors (Lipinski definition) is 1. The van der Waals surface area contributed by atoms with E-state index in [9.17, 15) is 18.7 Å². The summed E-state index contributed by atoms with van der Waals surface area (Å²) in [5.41, 5.74) is 0.0672. The van der Waals surface area contributed by atoms with Gasteiger partial charge in [-0.2, -0.15) is 0 Å². The molecule has 1 heterocycles. The van der Waals surface area contributed by atoms with Gasteiger partial charge in [0.2, 0.25) is 0 Å². The molecule has 1 aromatic heterocycles. The summed E-state index contributed by atoms with van der Waals surface area (Å²) in [7, 11) is -2.69. The van der Waals surface area contributed by atoms with Crippen LogP contribution in [0.3, 0.4) is 0 Å². The maximum Gasteiger partial charge on any atom is 0.279 e. The van der Waals surface area contributed by atoms with E-state index in [4.69, 9.17) is 4.74 Å². The molecule has 2 atom stereocenters. The van der Waals surface area contributed by atoms with Crippen molar-refractivity contribution in [3.63, 3.8) is 0 Å². The Bertz CT molecular complexity index is 1050. The molecule has 0 saturated heterocycles. The van der Waals surface area contributed by atoms with Crippen molar-refractivity contribution in [3.05, 3.63) is 58.8 Å². The van der Waals surface area contributed by atoms with Crippen LogP contribution in [0.4, 0.5) is 10.1 Å². The molecule has 0 fully saturated rings. The van der Waals surface area contributed by atoms with Crippen LogP contribution >= 0.6 is 0 Å². The number of halogens is 1. The second-order valence-corrected chi connectivity index (χ2v) is 17.9. The monoisotopic (exact) mass is 510 g/mol. The minimum absolute atomic E-state index is 0.0707. The molecule has 0 bridgehead atoms. The molecule has 0 aliphatic carbocycles. The molecule has 1 aromatic carbocycles. The van der Waals surface area contributed by atoms with Crippen LogP contribution in [-0.4, -0.2) is 38.1 Å². The van der Waals surface area contributed by atoms with Gasteiger partial charge in [0.25, 0.3) is 5.69 Å². The smallest absolute Gasteiger partial charge is 0.279 e. The van der Waals surface area contributed by atoms with Gasteiger partial charge < -0.3 is 9.30 Å². The van der Waals surface area contributed by atoms with Gasteiger partial charge in [-0.25, -0.2) is 18.3 Å². The van der Waals surface area contributed by atoms with Crippen molar-refractivity contribution in [3.8, 4) is 11.3 Å². The molecule has 0 saturated carbocycles. The molecule has 8 nitrogen and oxygen atoms in total. The summed E-state index contributed by atoms with van der Waals surface area (Å²) in [5.74, 6) is -0.114. The summed E-state index contributed by atoms with van der Waals surface area (Å²) in [6.45, 7) is 16.9. The number of nitro groups is 1. The zero-order valence-corrected chi connectivity index (χ0v) is 22.6. The molecular weight excluding hydrogens is 475 g/mol. The molecule has 2 aromatic rings. The molecular formula is C23H35FN4O4SSi. The van der Waals surface area contributed by atoms with Crippen molar-refractivity contribution in [2.75, 3.05) is 6.61 Å². The number of nitro benzene ring substituents is 1. The average molecular weight is 511 g/mol. The highest BCUT2D eigenvalue weighted by molar-refractivity contribution is 7.84. The fraction of sp³-hybridized carbons (Fsp3) is 0.522. The van der Waals surface area contributed by atoms with Crippen LogP contribution in [0.5, 0.6) is 0 Å². The number of benzene rings is 1. The highest BCUT2D eigenvalue weighted by Gasteiger charge is 2.28. The average Bonchev–Trinajstić information content (AvgIpc) is 3.13. The van der Waals surface area contributed by atoms with Crippen LogP contribution in [-0.2, 0) is 22.5 Å². The Hall–Kier alpha value is -2.21. The summed E-state index contributed by atoms with van der Waals surface area (Å²) >= 11 is 0. The van der Waals surface area contributed by atoms with Crippen molar-refractivity contribution in [2.45, 2.75) is 70.4 Å². The molecule has 0 amide bonds. The fourth-order valence-electron chi connectivity index (χ4n) is 3.03. The second-order valence-electron chi connectivity index (χ2n) is 10.3. The number of ether oxygens (including phenoxy) is 1. The lowest BCUT2D eigenvalue weighted by molar-refractivity contribution is -0.384. The van der Waals surface area contributed by atoms with Gasteiger partial charge in [-0.1, -0.05) is 25.7 Å². The Morgan fingerprint density at radius 2 is 2.06 bits per heavy atom. The first kappa shape index (κ1) is 28.0. The normalized spacial score (nSPS) is 14.1. The van der Waals surface area contributed by atoms with Crippen molar-refractivity contribution in [1.82, 2.24) is 14.3 Å². The van der Waals surface area contributed by atoms with Crippen molar-refractivity contribution in [1.29, 1.82) is 0 Å². The van der Waals surface area contributed by atoms with E-state index in [1.165, 1.54) is 0 Å². The van der Waals surface area contributed by atoms with Gasteiger partial charge in [0.05, 0.1) is 38.0 Å². The van der Waals surface area contributed by atoms with E-state index in [2.05, 4.69) is 35.9 Å². The third-order valence-corrected chi connectivity index (χ3v) is 8.30. The van der Waals surface area contributed by atoms with Crippen LogP contribution in [0, 0.1) is 15.9 Å². The Kier molecular flexibility index (Phi) is 9.46. The Morgan fingerprint density at radius 1 is 1.38 bits per heavy atom. The maximum atomic E-state index is 14.0. The predicted octanol–water partition coefficient (Wildman–Crippen LogP) is 5.58. The van der Waals surface area contributed by atoms with Crippen molar-refractivity contribution in [2.24, 2.45) is 0 Å². The van der Waals surface area contributed by atoms with Gasteiger partial charge in [0.1, 0.15) is 18.4 Å². The molecule has 1 unspecified atom stereocenters. The number of hydrogen-bond acceptors (Lipinski definition) is 5. The number of nitrogens with one attached hydrogen (secondary N) is 1. The molecule has 1 N–H and O–H groups in total. The van der Waals surface area contributed by atoms with Crippen molar-refractivity contribution >= 4 is 24.7 Å². The van der Waals surface area contributed by atoms with Crippen LogP contribution in [0.15, 0.2) is 37.1 Å². The van der Waals surface area contributed by atoms with Gasteiger partial charge in [-0.3, -0.25) is 10.1 Å². The third kappa shape index (κ3) is 7.93. The summed E-state index contributed by atoms with van der Waals surface area (Å²) in [6, 6.07) is 3.76. The minimum atomic E-state index is -1.40. The lowest BCUT2D eigenvalue weighted by Gasteiger charge is -2.24. The fourth-order valence-corrected chi connectivity index (χ4v) is 4.60. The molecule has 11 heteroatoms. The van der Waals surface area contributed by atoms with Gasteiger partial charge in [-0.15, -0.1) is 6.58 Å². The van der Waals surface area contributed by atoms with Crippen LogP contribution < -0.4 is 4.72 Å². The summed E-state index contributed by atoms with van der Waals surface area (Å²) in [5, 5.41) is 11.6. The molecule has 2 rings (SSSR count). The first-order valence-corrected chi connectivity index (χ1v) is 16.0.